The monoisotopic (exact) mass is 409 g/mol. The van der Waals surface area contributed by atoms with Crippen LogP contribution in [-0.4, -0.2) is 76.6 Å². The fourth-order valence-corrected chi connectivity index (χ4v) is 4.27. The lowest BCUT2D eigenvalue weighted by Gasteiger charge is -2.36. The molecule has 2 aliphatic heterocycles. The number of piperazine rings is 1. The number of phenols is 1. The molecule has 4 rings (SSSR count). The highest BCUT2D eigenvalue weighted by Gasteiger charge is 2.24. The lowest BCUT2D eigenvalue weighted by molar-refractivity contribution is -0.132. The zero-order chi connectivity index (χ0) is 20.9. The zero-order valence-electron chi connectivity index (χ0n) is 17.8. The molecule has 2 aromatic rings. The maximum absolute atomic E-state index is 12.8. The van der Waals surface area contributed by atoms with Crippen molar-refractivity contribution < 1.29 is 9.90 Å². The van der Waals surface area contributed by atoms with Crippen molar-refractivity contribution in [2.45, 2.75) is 32.6 Å². The molecule has 3 heterocycles. The third-order valence-electron chi connectivity index (χ3n) is 6.00. The van der Waals surface area contributed by atoms with Crippen LogP contribution in [0, 0.1) is 6.92 Å². The topological polar surface area (TPSA) is 72.8 Å². The van der Waals surface area contributed by atoms with Crippen LogP contribution in [0.2, 0.25) is 0 Å². The van der Waals surface area contributed by atoms with Crippen LogP contribution >= 0.6 is 0 Å². The second-order valence-electron chi connectivity index (χ2n) is 8.27. The fourth-order valence-electron chi connectivity index (χ4n) is 4.27. The molecular formula is C23H31N5O2. The molecule has 1 aromatic carbocycles. The molecule has 1 N–H and O–H groups in total. The molecule has 1 amide bonds. The van der Waals surface area contributed by atoms with E-state index in [1.165, 1.54) is 25.7 Å². The first-order valence-electron chi connectivity index (χ1n) is 11.0. The van der Waals surface area contributed by atoms with E-state index in [0.717, 1.165) is 37.7 Å². The molecule has 0 saturated carbocycles. The summed E-state index contributed by atoms with van der Waals surface area (Å²) in [5.41, 5.74) is 1.49. The quantitative estimate of drug-likeness (QED) is 0.837. The number of aromatic hydroxyl groups is 1. The van der Waals surface area contributed by atoms with E-state index >= 15 is 0 Å². The van der Waals surface area contributed by atoms with E-state index in [4.69, 9.17) is 4.98 Å². The van der Waals surface area contributed by atoms with E-state index in [1.54, 1.807) is 12.1 Å². The van der Waals surface area contributed by atoms with Gasteiger partial charge in [0.1, 0.15) is 11.6 Å². The average Bonchev–Trinajstić information content (AvgIpc) is 3.02. The number of carbonyl (C=O) groups excluding carboxylic acids is 1. The molecule has 0 spiro atoms. The summed E-state index contributed by atoms with van der Waals surface area (Å²) in [6.45, 7) is 7.50. The zero-order valence-corrected chi connectivity index (χ0v) is 17.8. The number of amides is 1. The van der Waals surface area contributed by atoms with Gasteiger partial charge in [-0.25, -0.2) is 9.97 Å². The predicted molar refractivity (Wildman–Crippen MR) is 118 cm³/mol. The number of phenolic OH excluding ortho intramolecular Hbond substituents is 1. The smallest absolute Gasteiger partial charge is 0.236 e. The Kier molecular flexibility index (Phi) is 6.47. The molecule has 2 aliphatic rings. The Morgan fingerprint density at radius 1 is 0.967 bits per heavy atom. The van der Waals surface area contributed by atoms with Crippen molar-refractivity contribution in [1.82, 2.24) is 19.8 Å². The van der Waals surface area contributed by atoms with Crippen LogP contribution in [0.1, 0.15) is 31.4 Å². The van der Waals surface area contributed by atoms with Crippen molar-refractivity contribution in [3.8, 4) is 17.1 Å². The first-order valence-corrected chi connectivity index (χ1v) is 11.0. The van der Waals surface area contributed by atoms with Crippen LogP contribution in [0.15, 0.2) is 30.3 Å². The summed E-state index contributed by atoms with van der Waals surface area (Å²) in [7, 11) is 0. The van der Waals surface area contributed by atoms with Gasteiger partial charge in [0.2, 0.25) is 5.91 Å². The van der Waals surface area contributed by atoms with E-state index in [0.29, 0.717) is 31.0 Å². The van der Waals surface area contributed by atoms with Gasteiger partial charge in [-0.15, -0.1) is 0 Å². The summed E-state index contributed by atoms with van der Waals surface area (Å²) in [6, 6.07) is 9.10. The molecule has 0 radical (unpaired) electrons. The Bertz CT molecular complexity index is 872. The van der Waals surface area contributed by atoms with Gasteiger partial charge in [-0.05, 0) is 45.0 Å². The van der Waals surface area contributed by atoms with Crippen LogP contribution in [0.5, 0.6) is 5.75 Å². The summed E-state index contributed by atoms with van der Waals surface area (Å²) in [6.07, 6.45) is 4.97. The highest BCUT2D eigenvalue weighted by atomic mass is 16.3. The lowest BCUT2D eigenvalue weighted by Crippen LogP contribution is -2.51. The first kappa shape index (κ1) is 20.6. The second kappa shape index (κ2) is 9.43. The van der Waals surface area contributed by atoms with Crippen molar-refractivity contribution in [2.24, 2.45) is 0 Å². The molecule has 2 fully saturated rings. The van der Waals surface area contributed by atoms with Crippen molar-refractivity contribution >= 4 is 11.7 Å². The van der Waals surface area contributed by atoms with Gasteiger partial charge in [0.15, 0.2) is 5.82 Å². The van der Waals surface area contributed by atoms with Crippen LogP contribution in [0.3, 0.4) is 0 Å². The third-order valence-corrected chi connectivity index (χ3v) is 6.00. The SMILES string of the molecule is Cc1cc(N2CCN(C(=O)CN3CCCCCC3)CC2)nc(-c2ccccc2O)n1. The Balaban J connectivity index is 1.39. The van der Waals surface area contributed by atoms with Gasteiger partial charge in [0.25, 0.3) is 0 Å². The van der Waals surface area contributed by atoms with Gasteiger partial charge in [0, 0.05) is 37.9 Å². The number of aromatic nitrogens is 2. The van der Waals surface area contributed by atoms with Gasteiger partial charge < -0.3 is 14.9 Å². The number of aryl methyl sites for hydroxylation is 1. The number of hydrogen-bond donors (Lipinski definition) is 1. The number of nitrogens with zero attached hydrogens (tertiary/aromatic N) is 5. The van der Waals surface area contributed by atoms with Gasteiger partial charge in [0.05, 0.1) is 12.1 Å². The number of benzene rings is 1. The molecule has 30 heavy (non-hydrogen) atoms. The minimum atomic E-state index is 0.179. The molecule has 1 aromatic heterocycles. The van der Waals surface area contributed by atoms with E-state index in [9.17, 15) is 9.90 Å². The molecule has 0 atom stereocenters. The largest absolute Gasteiger partial charge is 0.507 e. The van der Waals surface area contributed by atoms with Gasteiger partial charge in [-0.1, -0.05) is 25.0 Å². The third kappa shape index (κ3) is 4.90. The summed E-state index contributed by atoms with van der Waals surface area (Å²) >= 11 is 0. The van der Waals surface area contributed by atoms with Crippen molar-refractivity contribution in [1.29, 1.82) is 0 Å². The van der Waals surface area contributed by atoms with Crippen LogP contribution in [0.4, 0.5) is 5.82 Å². The molecule has 0 bridgehead atoms. The van der Waals surface area contributed by atoms with E-state index in [2.05, 4.69) is 14.8 Å². The van der Waals surface area contributed by atoms with E-state index in [-0.39, 0.29) is 11.7 Å². The molecule has 0 unspecified atom stereocenters. The molecular weight excluding hydrogens is 378 g/mol. The maximum Gasteiger partial charge on any atom is 0.236 e. The standard InChI is InChI=1S/C23H31N5O2/c1-18-16-21(25-23(24-18)19-8-4-5-9-20(19)29)27-12-14-28(15-13-27)22(30)17-26-10-6-2-3-7-11-26/h4-5,8-9,16,29H,2-3,6-7,10-15,17H2,1H3. The first-order chi connectivity index (χ1) is 14.6. The molecule has 2 saturated heterocycles. The Labute approximate surface area is 178 Å². The minimum Gasteiger partial charge on any atom is -0.507 e. The highest BCUT2D eigenvalue weighted by Crippen LogP contribution is 2.28. The van der Waals surface area contributed by atoms with Gasteiger partial charge in [-0.3, -0.25) is 9.69 Å². The fraction of sp³-hybridized carbons (Fsp3) is 0.522. The number of likely N-dealkylation sites (tertiary alicyclic amines) is 1. The van der Waals surface area contributed by atoms with Gasteiger partial charge >= 0.3 is 0 Å². The number of rotatable bonds is 4. The van der Waals surface area contributed by atoms with Crippen molar-refractivity contribution in [2.75, 3.05) is 50.7 Å². The van der Waals surface area contributed by atoms with E-state index < -0.39 is 0 Å². The highest BCUT2D eigenvalue weighted by molar-refractivity contribution is 5.78. The Morgan fingerprint density at radius 2 is 1.67 bits per heavy atom. The summed E-state index contributed by atoms with van der Waals surface area (Å²) in [4.78, 5) is 28.5. The summed E-state index contributed by atoms with van der Waals surface area (Å²) in [5, 5.41) is 10.2. The predicted octanol–water partition coefficient (Wildman–Crippen LogP) is 2.68. The van der Waals surface area contributed by atoms with Crippen LogP contribution < -0.4 is 4.90 Å². The molecule has 0 aliphatic carbocycles. The van der Waals surface area contributed by atoms with Crippen LogP contribution in [-0.2, 0) is 4.79 Å². The van der Waals surface area contributed by atoms with E-state index in [1.807, 2.05) is 30.0 Å². The number of carbonyl (C=O) groups is 1. The Morgan fingerprint density at radius 3 is 2.37 bits per heavy atom. The minimum absolute atomic E-state index is 0.179. The normalized spacial score (nSPS) is 18.3. The Hall–Kier alpha value is -2.67. The molecule has 7 nitrogen and oxygen atoms in total. The lowest BCUT2D eigenvalue weighted by atomic mass is 10.2. The second-order valence-corrected chi connectivity index (χ2v) is 8.27. The number of para-hydroxylation sites is 1. The summed E-state index contributed by atoms with van der Waals surface area (Å²) < 4.78 is 0. The van der Waals surface area contributed by atoms with Crippen molar-refractivity contribution in [3.05, 3.63) is 36.0 Å². The summed E-state index contributed by atoms with van der Waals surface area (Å²) in [5.74, 6) is 1.80. The average molecular weight is 410 g/mol. The number of anilines is 1. The molecule has 160 valence electrons. The van der Waals surface area contributed by atoms with Gasteiger partial charge in [-0.2, -0.15) is 0 Å². The van der Waals surface area contributed by atoms with Crippen molar-refractivity contribution in [3.63, 3.8) is 0 Å². The molecule has 7 heteroatoms. The number of hydrogen-bond acceptors (Lipinski definition) is 6. The maximum atomic E-state index is 12.8. The van der Waals surface area contributed by atoms with Crippen LogP contribution in [0.25, 0.3) is 11.4 Å².